The van der Waals surface area contributed by atoms with Crippen LogP contribution in [0.5, 0.6) is 0 Å². The van der Waals surface area contributed by atoms with Crippen molar-refractivity contribution in [3.05, 3.63) is 46.7 Å². The molecule has 0 fully saturated rings. The summed E-state index contributed by atoms with van der Waals surface area (Å²) in [4.78, 5) is 8.97. The molecule has 0 radical (unpaired) electrons. The van der Waals surface area contributed by atoms with E-state index in [0.29, 0.717) is 12.1 Å². The van der Waals surface area contributed by atoms with Gasteiger partial charge in [-0.15, -0.1) is 11.3 Å². The molecule has 2 aromatic rings. The van der Waals surface area contributed by atoms with Crippen LogP contribution in [0.15, 0.2) is 36.1 Å². The van der Waals surface area contributed by atoms with Crippen LogP contribution in [0.3, 0.4) is 0 Å². The fraction of sp³-hybridized carbons (Fsp3) is 0.200. The zero-order valence-electron chi connectivity index (χ0n) is 7.50. The predicted molar refractivity (Wildman–Crippen MR) is 55.0 cm³/mol. The van der Waals surface area contributed by atoms with Gasteiger partial charge in [-0.3, -0.25) is 0 Å². The van der Waals surface area contributed by atoms with Crippen molar-refractivity contribution < 1.29 is 5.11 Å². The average molecular weight is 206 g/mol. The number of aliphatic hydroxyl groups excluding tert-OH is 1. The van der Waals surface area contributed by atoms with Crippen LogP contribution in [0.25, 0.3) is 0 Å². The minimum absolute atomic E-state index is 0.531. The first-order valence-electron chi connectivity index (χ1n) is 4.32. The Bertz CT molecular complexity index is 374. The molecule has 4 heteroatoms. The highest BCUT2D eigenvalue weighted by atomic mass is 32.1. The topological polar surface area (TPSA) is 46.0 Å². The van der Waals surface area contributed by atoms with Crippen molar-refractivity contribution in [2.45, 2.75) is 12.5 Å². The molecule has 0 aromatic carbocycles. The van der Waals surface area contributed by atoms with Crippen LogP contribution in [-0.2, 0) is 6.42 Å². The number of aromatic nitrogens is 2. The van der Waals surface area contributed by atoms with Crippen molar-refractivity contribution in [2.75, 3.05) is 0 Å². The Labute approximate surface area is 86.1 Å². The van der Waals surface area contributed by atoms with E-state index < -0.39 is 6.10 Å². The van der Waals surface area contributed by atoms with E-state index in [1.165, 1.54) is 6.33 Å². The van der Waals surface area contributed by atoms with E-state index in [9.17, 15) is 5.11 Å². The van der Waals surface area contributed by atoms with Gasteiger partial charge in [0.1, 0.15) is 12.4 Å². The second kappa shape index (κ2) is 4.30. The van der Waals surface area contributed by atoms with Gasteiger partial charge in [0.05, 0.1) is 5.69 Å². The van der Waals surface area contributed by atoms with E-state index in [0.717, 1.165) is 4.88 Å². The maximum atomic E-state index is 9.81. The molecule has 0 aliphatic carbocycles. The molecule has 2 heterocycles. The number of nitrogens with zero attached hydrogens (tertiary/aromatic N) is 2. The maximum Gasteiger partial charge on any atom is 0.115 e. The standard InChI is InChI=1S/C10H10N2OS/c13-10(6-8-2-1-5-14-8)9-3-4-11-7-12-9/h1-5,7,10,13H,6H2. The molecule has 72 valence electrons. The number of rotatable bonds is 3. The fourth-order valence-electron chi connectivity index (χ4n) is 1.22. The van der Waals surface area contributed by atoms with E-state index in [1.807, 2.05) is 17.5 Å². The zero-order chi connectivity index (χ0) is 9.80. The quantitative estimate of drug-likeness (QED) is 0.833. The Kier molecular flexibility index (Phi) is 2.86. The van der Waals surface area contributed by atoms with Gasteiger partial charge in [0, 0.05) is 17.5 Å². The summed E-state index contributed by atoms with van der Waals surface area (Å²) in [6.45, 7) is 0. The monoisotopic (exact) mass is 206 g/mol. The molecule has 0 saturated carbocycles. The van der Waals surface area contributed by atoms with Crippen molar-refractivity contribution in [1.82, 2.24) is 9.97 Å². The summed E-state index contributed by atoms with van der Waals surface area (Å²) in [5.74, 6) is 0. The third-order valence-electron chi connectivity index (χ3n) is 1.92. The highest BCUT2D eigenvalue weighted by Crippen LogP contribution is 2.18. The first-order valence-corrected chi connectivity index (χ1v) is 5.20. The molecule has 0 aliphatic heterocycles. The van der Waals surface area contributed by atoms with Gasteiger partial charge in [-0.1, -0.05) is 6.07 Å². The lowest BCUT2D eigenvalue weighted by atomic mass is 10.1. The number of hydrogen-bond donors (Lipinski definition) is 1. The first-order chi connectivity index (χ1) is 6.86. The normalized spacial score (nSPS) is 12.6. The van der Waals surface area contributed by atoms with Gasteiger partial charge < -0.3 is 5.11 Å². The molecule has 2 aromatic heterocycles. The summed E-state index contributed by atoms with van der Waals surface area (Å²) in [7, 11) is 0. The highest BCUT2D eigenvalue weighted by molar-refractivity contribution is 7.09. The van der Waals surface area contributed by atoms with Gasteiger partial charge in [0.25, 0.3) is 0 Å². The lowest BCUT2D eigenvalue weighted by Crippen LogP contribution is -2.02. The lowest BCUT2D eigenvalue weighted by molar-refractivity contribution is 0.174. The Hall–Kier alpha value is -1.26. The molecule has 1 unspecified atom stereocenters. The van der Waals surface area contributed by atoms with Crippen LogP contribution < -0.4 is 0 Å². The molecule has 0 aliphatic rings. The van der Waals surface area contributed by atoms with Gasteiger partial charge in [0.15, 0.2) is 0 Å². The van der Waals surface area contributed by atoms with Gasteiger partial charge >= 0.3 is 0 Å². The smallest absolute Gasteiger partial charge is 0.115 e. The summed E-state index contributed by atoms with van der Waals surface area (Å²) in [6.07, 6.45) is 3.18. The van der Waals surface area contributed by atoms with Crippen LogP contribution in [0, 0.1) is 0 Å². The molecule has 1 atom stereocenters. The van der Waals surface area contributed by atoms with Crippen LogP contribution >= 0.6 is 11.3 Å². The van der Waals surface area contributed by atoms with E-state index in [-0.39, 0.29) is 0 Å². The molecule has 2 rings (SSSR count). The fourth-order valence-corrected chi connectivity index (χ4v) is 1.97. The van der Waals surface area contributed by atoms with Gasteiger partial charge in [-0.2, -0.15) is 0 Å². The van der Waals surface area contributed by atoms with Gasteiger partial charge in [-0.25, -0.2) is 9.97 Å². The zero-order valence-corrected chi connectivity index (χ0v) is 8.31. The Balaban J connectivity index is 2.07. The first kappa shape index (κ1) is 9.30. The number of hydrogen-bond acceptors (Lipinski definition) is 4. The Morgan fingerprint density at radius 3 is 3.00 bits per heavy atom. The minimum atomic E-state index is -0.531. The van der Waals surface area contributed by atoms with Crippen molar-refractivity contribution in [1.29, 1.82) is 0 Å². The minimum Gasteiger partial charge on any atom is -0.386 e. The largest absolute Gasteiger partial charge is 0.386 e. The summed E-state index contributed by atoms with van der Waals surface area (Å²) in [6, 6.07) is 5.72. The lowest BCUT2D eigenvalue weighted by Gasteiger charge is -2.07. The van der Waals surface area contributed by atoms with Crippen molar-refractivity contribution in [3.8, 4) is 0 Å². The van der Waals surface area contributed by atoms with Crippen molar-refractivity contribution >= 4 is 11.3 Å². The summed E-state index contributed by atoms with van der Waals surface area (Å²) in [5.41, 5.74) is 0.674. The van der Waals surface area contributed by atoms with E-state index in [2.05, 4.69) is 9.97 Å². The Morgan fingerprint density at radius 2 is 2.36 bits per heavy atom. The second-order valence-corrected chi connectivity index (χ2v) is 3.97. The number of aliphatic hydroxyl groups is 1. The Morgan fingerprint density at radius 1 is 1.43 bits per heavy atom. The SMILES string of the molecule is OC(Cc1cccs1)c1ccncn1. The summed E-state index contributed by atoms with van der Waals surface area (Å²) < 4.78 is 0. The number of thiophene rings is 1. The van der Waals surface area contributed by atoms with Gasteiger partial charge in [-0.05, 0) is 17.5 Å². The summed E-state index contributed by atoms with van der Waals surface area (Å²) in [5, 5.41) is 11.8. The molecule has 0 bridgehead atoms. The molecule has 14 heavy (non-hydrogen) atoms. The molecule has 1 N–H and O–H groups in total. The van der Waals surface area contributed by atoms with Crippen LogP contribution in [0.4, 0.5) is 0 Å². The average Bonchev–Trinajstić information content (AvgIpc) is 2.72. The summed E-state index contributed by atoms with van der Waals surface area (Å²) >= 11 is 1.64. The van der Waals surface area contributed by atoms with Gasteiger partial charge in [0.2, 0.25) is 0 Å². The van der Waals surface area contributed by atoms with Crippen molar-refractivity contribution in [2.24, 2.45) is 0 Å². The van der Waals surface area contributed by atoms with E-state index in [1.54, 1.807) is 23.6 Å². The molecular formula is C10H10N2OS. The van der Waals surface area contributed by atoms with E-state index >= 15 is 0 Å². The molecule has 0 amide bonds. The third kappa shape index (κ3) is 2.16. The predicted octanol–water partition coefficient (Wildman–Crippen LogP) is 1.81. The van der Waals surface area contributed by atoms with Crippen LogP contribution in [-0.4, -0.2) is 15.1 Å². The van der Waals surface area contributed by atoms with Crippen molar-refractivity contribution in [3.63, 3.8) is 0 Å². The molecule has 0 spiro atoms. The maximum absolute atomic E-state index is 9.81. The second-order valence-electron chi connectivity index (χ2n) is 2.93. The van der Waals surface area contributed by atoms with E-state index in [4.69, 9.17) is 0 Å². The van der Waals surface area contributed by atoms with Crippen LogP contribution in [0.1, 0.15) is 16.7 Å². The molecule has 0 saturated heterocycles. The van der Waals surface area contributed by atoms with Crippen LogP contribution in [0.2, 0.25) is 0 Å². The molecule has 3 nitrogen and oxygen atoms in total. The highest BCUT2D eigenvalue weighted by Gasteiger charge is 2.09. The third-order valence-corrected chi connectivity index (χ3v) is 2.82. The molecular weight excluding hydrogens is 196 g/mol.